The normalized spacial score (nSPS) is 12.8. The van der Waals surface area contributed by atoms with Crippen LogP contribution in [0.4, 0.5) is 0 Å². The molecule has 0 heterocycles. The van der Waals surface area contributed by atoms with Gasteiger partial charge in [0.2, 0.25) is 10.0 Å². The van der Waals surface area contributed by atoms with E-state index in [2.05, 4.69) is 11.6 Å². The molecule has 2 rings (SSSR count). The molecule has 0 unspecified atom stereocenters. The number of nitrogens with one attached hydrogen (secondary N) is 1. The van der Waals surface area contributed by atoms with E-state index < -0.39 is 10.0 Å². The molecule has 0 aliphatic carbocycles. The van der Waals surface area contributed by atoms with Crippen molar-refractivity contribution < 1.29 is 13.2 Å². The number of benzene rings is 2. The Bertz CT molecular complexity index is 697. The predicted molar refractivity (Wildman–Crippen MR) is 92.3 cm³/mol. The van der Waals surface area contributed by atoms with Crippen LogP contribution < -0.4 is 9.46 Å². The summed E-state index contributed by atoms with van der Waals surface area (Å²) >= 11 is 0. The van der Waals surface area contributed by atoms with E-state index in [4.69, 9.17) is 4.74 Å². The van der Waals surface area contributed by atoms with Crippen LogP contribution in [0.3, 0.4) is 0 Å². The van der Waals surface area contributed by atoms with Gasteiger partial charge in [-0.05, 0) is 49.1 Å². The minimum Gasteiger partial charge on any atom is -0.494 e. The van der Waals surface area contributed by atoms with Crippen LogP contribution in [0.2, 0.25) is 0 Å². The Morgan fingerprint density at radius 2 is 1.65 bits per heavy atom. The zero-order valence-electron chi connectivity index (χ0n) is 13.5. The summed E-state index contributed by atoms with van der Waals surface area (Å²) in [6, 6.07) is 16.4. The number of rotatable bonds is 8. The van der Waals surface area contributed by atoms with Gasteiger partial charge in [0, 0.05) is 6.54 Å². The molecule has 23 heavy (non-hydrogen) atoms. The summed E-state index contributed by atoms with van der Waals surface area (Å²) < 4.78 is 32.8. The van der Waals surface area contributed by atoms with E-state index in [-0.39, 0.29) is 10.8 Å². The van der Waals surface area contributed by atoms with Crippen LogP contribution in [0.1, 0.15) is 31.7 Å². The first-order valence-corrected chi connectivity index (χ1v) is 9.32. The summed E-state index contributed by atoms with van der Waals surface area (Å²) in [4.78, 5) is 0.254. The highest BCUT2D eigenvalue weighted by atomic mass is 32.2. The lowest BCUT2D eigenvalue weighted by Gasteiger charge is -2.16. The third-order valence-electron chi connectivity index (χ3n) is 3.73. The molecule has 1 atom stereocenters. The summed E-state index contributed by atoms with van der Waals surface area (Å²) in [5.74, 6) is 0.829. The molecule has 5 heteroatoms. The predicted octanol–water partition coefficient (Wildman–Crippen LogP) is 3.56. The molecule has 0 saturated carbocycles. The zero-order chi connectivity index (χ0) is 16.7. The van der Waals surface area contributed by atoms with Crippen LogP contribution in [-0.4, -0.2) is 21.6 Å². The van der Waals surface area contributed by atoms with Crippen LogP contribution >= 0.6 is 0 Å². The molecule has 2 aromatic carbocycles. The lowest BCUT2D eigenvalue weighted by atomic mass is 9.97. The third kappa shape index (κ3) is 4.81. The number of hydrogen-bond donors (Lipinski definition) is 1. The Morgan fingerprint density at radius 1 is 1.00 bits per heavy atom. The molecule has 2 aromatic rings. The number of ether oxygens (including phenoxy) is 1. The van der Waals surface area contributed by atoms with Crippen LogP contribution in [-0.2, 0) is 10.0 Å². The fourth-order valence-corrected chi connectivity index (χ4v) is 3.48. The second-order valence-corrected chi connectivity index (χ2v) is 7.04. The molecule has 0 amide bonds. The fraction of sp³-hybridized carbons (Fsp3) is 0.333. The van der Waals surface area contributed by atoms with E-state index in [1.807, 2.05) is 37.3 Å². The molecule has 0 spiro atoms. The molecule has 0 radical (unpaired) electrons. The molecule has 0 bridgehead atoms. The van der Waals surface area contributed by atoms with Gasteiger partial charge >= 0.3 is 0 Å². The molecular formula is C18H23NO3S. The van der Waals surface area contributed by atoms with Gasteiger partial charge in [-0.25, -0.2) is 13.1 Å². The molecule has 124 valence electrons. The highest BCUT2D eigenvalue weighted by Gasteiger charge is 2.17. The minimum atomic E-state index is -3.51. The van der Waals surface area contributed by atoms with Gasteiger partial charge in [-0.1, -0.05) is 37.3 Å². The van der Waals surface area contributed by atoms with Gasteiger partial charge in [-0.2, -0.15) is 0 Å². The Kier molecular flexibility index (Phi) is 6.19. The fourth-order valence-electron chi connectivity index (χ4n) is 2.40. The largest absolute Gasteiger partial charge is 0.494 e. The summed E-state index contributed by atoms with van der Waals surface area (Å²) in [6.45, 7) is 4.89. The Labute approximate surface area is 138 Å². The first kappa shape index (κ1) is 17.5. The first-order valence-electron chi connectivity index (χ1n) is 7.84. The average molecular weight is 333 g/mol. The van der Waals surface area contributed by atoms with E-state index in [1.165, 1.54) is 0 Å². The van der Waals surface area contributed by atoms with Gasteiger partial charge in [-0.3, -0.25) is 0 Å². The van der Waals surface area contributed by atoms with Gasteiger partial charge in [0.05, 0.1) is 11.5 Å². The zero-order valence-corrected chi connectivity index (χ0v) is 14.3. The van der Waals surface area contributed by atoms with Crippen molar-refractivity contribution >= 4 is 10.0 Å². The molecule has 0 saturated heterocycles. The third-order valence-corrected chi connectivity index (χ3v) is 5.17. The Balaban J connectivity index is 2.05. The first-order chi connectivity index (χ1) is 11.1. The highest BCUT2D eigenvalue weighted by molar-refractivity contribution is 7.89. The maximum absolute atomic E-state index is 12.4. The Morgan fingerprint density at radius 3 is 2.22 bits per heavy atom. The molecule has 1 N–H and O–H groups in total. The highest BCUT2D eigenvalue weighted by Crippen LogP contribution is 2.20. The van der Waals surface area contributed by atoms with Gasteiger partial charge in [0.1, 0.15) is 5.75 Å². The van der Waals surface area contributed by atoms with Crippen molar-refractivity contribution in [3.8, 4) is 5.75 Å². The summed E-state index contributed by atoms with van der Waals surface area (Å²) in [7, 11) is -3.51. The van der Waals surface area contributed by atoms with Crippen molar-refractivity contribution in [1.82, 2.24) is 4.72 Å². The van der Waals surface area contributed by atoms with Gasteiger partial charge in [0.15, 0.2) is 0 Å². The quantitative estimate of drug-likeness (QED) is 0.803. The van der Waals surface area contributed by atoms with Gasteiger partial charge in [0.25, 0.3) is 0 Å². The lowest BCUT2D eigenvalue weighted by molar-refractivity contribution is 0.340. The molecule has 0 aromatic heterocycles. The molecule has 0 aliphatic rings. The van der Waals surface area contributed by atoms with Crippen LogP contribution in [0.25, 0.3) is 0 Å². The van der Waals surface area contributed by atoms with Crippen molar-refractivity contribution in [1.29, 1.82) is 0 Å². The van der Waals surface area contributed by atoms with E-state index in [9.17, 15) is 8.42 Å². The second kappa shape index (κ2) is 8.13. The van der Waals surface area contributed by atoms with Crippen LogP contribution in [0, 0.1) is 0 Å². The summed E-state index contributed by atoms with van der Waals surface area (Å²) in [6.07, 6.45) is 0.871. The molecular weight excluding hydrogens is 310 g/mol. The van der Waals surface area contributed by atoms with Crippen molar-refractivity contribution in [3.05, 3.63) is 60.2 Å². The molecule has 0 aliphatic heterocycles. The van der Waals surface area contributed by atoms with E-state index in [0.717, 1.165) is 12.0 Å². The van der Waals surface area contributed by atoms with Crippen molar-refractivity contribution in [3.63, 3.8) is 0 Å². The molecule has 0 fully saturated rings. The SMILES string of the molecule is CCOc1ccc(S(=O)(=O)NC[C@H](CC)c2ccccc2)cc1. The van der Waals surface area contributed by atoms with Crippen LogP contribution in [0.5, 0.6) is 5.75 Å². The van der Waals surface area contributed by atoms with Gasteiger partial charge < -0.3 is 4.74 Å². The maximum atomic E-state index is 12.4. The van der Waals surface area contributed by atoms with E-state index in [1.54, 1.807) is 24.3 Å². The number of sulfonamides is 1. The lowest BCUT2D eigenvalue weighted by Crippen LogP contribution is -2.28. The van der Waals surface area contributed by atoms with Crippen molar-refractivity contribution in [2.75, 3.05) is 13.2 Å². The average Bonchev–Trinajstić information content (AvgIpc) is 2.57. The monoisotopic (exact) mass is 333 g/mol. The van der Waals surface area contributed by atoms with Crippen LogP contribution in [0.15, 0.2) is 59.5 Å². The smallest absolute Gasteiger partial charge is 0.240 e. The maximum Gasteiger partial charge on any atom is 0.240 e. The van der Waals surface area contributed by atoms with Gasteiger partial charge in [-0.15, -0.1) is 0 Å². The standard InChI is InChI=1S/C18H23NO3S/c1-3-15(16-8-6-5-7-9-16)14-19-23(20,21)18-12-10-17(11-13-18)22-4-2/h5-13,15,19H,3-4,14H2,1-2H3/t15-/m0/s1. The van der Waals surface area contributed by atoms with Crippen molar-refractivity contribution in [2.24, 2.45) is 0 Å². The second-order valence-electron chi connectivity index (χ2n) is 5.27. The van der Waals surface area contributed by atoms with E-state index in [0.29, 0.717) is 18.9 Å². The summed E-state index contributed by atoms with van der Waals surface area (Å²) in [5.41, 5.74) is 1.14. The van der Waals surface area contributed by atoms with E-state index >= 15 is 0 Å². The number of hydrogen-bond acceptors (Lipinski definition) is 3. The topological polar surface area (TPSA) is 55.4 Å². The van der Waals surface area contributed by atoms with Crippen molar-refractivity contribution in [2.45, 2.75) is 31.1 Å². The Hall–Kier alpha value is -1.85. The summed E-state index contributed by atoms with van der Waals surface area (Å²) in [5, 5.41) is 0. The minimum absolute atomic E-state index is 0.161. The molecule has 4 nitrogen and oxygen atoms in total.